The minimum atomic E-state index is 0. The first-order chi connectivity index (χ1) is 5.36. The highest BCUT2D eigenvalue weighted by molar-refractivity contribution is 9.10. The van der Waals surface area contributed by atoms with E-state index in [1.54, 1.807) is 0 Å². The number of hydrogen-bond acceptors (Lipinski definition) is 1. The van der Waals surface area contributed by atoms with Crippen molar-refractivity contribution < 1.29 is 12.4 Å². The maximum absolute atomic E-state index is 3.46. The molecule has 1 nitrogen and oxygen atoms in total. The molecule has 0 aromatic heterocycles. The number of anilines is 1. The van der Waals surface area contributed by atoms with Crippen LogP contribution >= 0.6 is 15.9 Å². The molecule has 0 radical (unpaired) electrons. The maximum Gasteiger partial charge on any atom is 0.0373 e. The molecule has 0 fully saturated rings. The summed E-state index contributed by atoms with van der Waals surface area (Å²) in [7, 11) is 0. The molecule has 1 aromatic rings. The Morgan fingerprint density at radius 2 is 2.17 bits per heavy atom. The molecule has 1 aromatic carbocycles. The fraction of sp³-hybridized carbons (Fsp3) is 0.333. The van der Waals surface area contributed by atoms with Crippen LogP contribution in [-0.2, 0) is 6.42 Å². The fourth-order valence-corrected chi connectivity index (χ4v) is 1.85. The third kappa shape index (κ3) is 1.93. The second kappa shape index (κ2) is 4.15. The summed E-state index contributed by atoms with van der Waals surface area (Å²) in [5.41, 5.74) is 2.74. The Balaban J connectivity index is 0.000000720. The van der Waals surface area contributed by atoms with Gasteiger partial charge in [-0.05, 0) is 36.6 Å². The van der Waals surface area contributed by atoms with E-state index in [9.17, 15) is 0 Å². The molecular formula is C9H10BrClN-. The molecule has 0 spiro atoms. The Morgan fingerprint density at radius 3 is 3.00 bits per heavy atom. The molecule has 1 aliphatic heterocycles. The van der Waals surface area contributed by atoms with Gasteiger partial charge in [0, 0.05) is 16.7 Å². The summed E-state index contributed by atoms with van der Waals surface area (Å²) >= 11 is 3.46. The predicted octanol–water partition coefficient (Wildman–Crippen LogP) is -0.189. The van der Waals surface area contributed by atoms with Crippen LogP contribution in [0.25, 0.3) is 0 Å². The maximum atomic E-state index is 3.46. The average molecular weight is 248 g/mol. The van der Waals surface area contributed by atoms with E-state index in [-0.39, 0.29) is 12.4 Å². The molecule has 1 aliphatic rings. The topological polar surface area (TPSA) is 12.0 Å². The third-order valence-electron chi connectivity index (χ3n) is 2.01. The second-order valence-corrected chi connectivity index (χ2v) is 3.75. The van der Waals surface area contributed by atoms with Crippen LogP contribution in [-0.4, -0.2) is 6.54 Å². The average Bonchev–Trinajstić information content (AvgIpc) is 2.04. The van der Waals surface area contributed by atoms with Crippen molar-refractivity contribution in [1.29, 1.82) is 0 Å². The van der Waals surface area contributed by atoms with Crippen LogP contribution in [0.3, 0.4) is 0 Å². The monoisotopic (exact) mass is 246 g/mol. The van der Waals surface area contributed by atoms with Crippen LogP contribution in [0, 0.1) is 0 Å². The fourth-order valence-electron chi connectivity index (χ4n) is 1.44. The molecule has 3 heteroatoms. The van der Waals surface area contributed by atoms with Gasteiger partial charge < -0.3 is 17.7 Å². The zero-order chi connectivity index (χ0) is 7.68. The number of halogens is 2. The lowest BCUT2D eigenvalue weighted by Crippen LogP contribution is -3.00. The largest absolute Gasteiger partial charge is 1.00 e. The summed E-state index contributed by atoms with van der Waals surface area (Å²) in [4.78, 5) is 0. The van der Waals surface area contributed by atoms with E-state index in [4.69, 9.17) is 0 Å². The third-order valence-corrected chi connectivity index (χ3v) is 2.50. The number of aryl methyl sites for hydroxylation is 1. The Bertz CT molecular complexity index is 275. The van der Waals surface area contributed by atoms with Gasteiger partial charge in [0.15, 0.2) is 0 Å². The molecule has 12 heavy (non-hydrogen) atoms. The van der Waals surface area contributed by atoms with E-state index in [0.29, 0.717) is 0 Å². The van der Waals surface area contributed by atoms with Gasteiger partial charge in [-0.25, -0.2) is 0 Å². The van der Waals surface area contributed by atoms with Crippen molar-refractivity contribution >= 4 is 21.6 Å². The van der Waals surface area contributed by atoms with Crippen molar-refractivity contribution in [3.8, 4) is 0 Å². The Kier molecular flexibility index (Phi) is 3.41. The summed E-state index contributed by atoms with van der Waals surface area (Å²) < 4.78 is 1.18. The molecule has 1 heterocycles. The Hall–Kier alpha value is -0.210. The van der Waals surface area contributed by atoms with E-state index < -0.39 is 0 Å². The highest BCUT2D eigenvalue weighted by atomic mass is 79.9. The van der Waals surface area contributed by atoms with Gasteiger partial charge in [-0.3, -0.25) is 0 Å². The van der Waals surface area contributed by atoms with Gasteiger partial charge in [-0.2, -0.15) is 0 Å². The second-order valence-electron chi connectivity index (χ2n) is 2.83. The lowest BCUT2D eigenvalue weighted by atomic mass is 10.0. The zero-order valence-corrected chi connectivity index (χ0v) is 8.95. The van der Waals surface area contributed by atoms with Crippen LogP contribution < -0.4 is 17.7 Å². The van der Waals surface area contributed by atoms with Gasteiger partial charge in [0.2, 0.25) is 0 Å². The van der Waals surface area contributed by atoms with Gasteiger partial charge in [-0.1, -0.05) is 15.9 Å². The molecule has 0 atom stereocenters. The van der Waals surface area contributed by atoms with E-state index in [0.717, 1.165) is 6.54 Å². The molecule has 0 aliphatic carbocycles. The molecule has 66 valence electrons. The van der Waals surface area contributed by atoms with E-state index in [1.165, 1.54) is 28.6 Å². The van der Waals surface area contributed by atoms with Gasteiger partial charge in [0.25, 0.3) is 0 Å². The first-order valence-electron chi connectivity index (χ1n) is 3.88. The molecule has 0 saturated heterocycles. The van der Waals surface area contributed by atoms with Crippen LogP contribution in [0.1, 0.15) is 12.0 Å². The van der Waals surface area contributed by atoms with Crippen molar-refractivity contribution in [3.05, 3.63) is 28.2 Å². The van der Waals surface area contributed by atoms with Crippen LogP contribution in [0.4, 0.5) is 5.69 Å². The van der Waals surface area contributed by atoms with Crippen molar-refractivity contribution in [2.24, 2.45) is 0 Å². The van der Waals surface area contributed by atoms with Crippen molar-refractivity contribution in [2.75, 3.05) is 11.9 Å². The summed E-state index contributed by atoms with van der Waals surface area (Å²) in [5.74, 6) is 0. The Labute approximate surface area is 87.1 Å². The molecule has 1 N–H and O–H groups in total. The molecule has 0 unspecified atom stereocenters. The molecule has 2 rings (SSSR count). The highest BCUT2D eigenvalue weighted by Gasteiger charge is 2.06. The number of benzene rings is 1. The van der Waals surface area contributed by atoms with Gasteiger partial charge in [0.05, 0.1) is 0 Å². The Morgan fingerprint density at radius 1 is 1.33 bits per heavy atom. The lowest BCUT2D eigenvalue weighted by molar-refractivity contribution is -0.00000207. The van der Waals surface area contributed by atoms with Crippen molar-refractivity contribution in [1.82, 2.24) is 0 Å². The van der Waals surface area contributed by atoms with Crippen LogP contribution in [0.5, 0.6) is 0 Å². The van der Waals surface area contributed by atoms with Gasteiger partial charge in [-0.15, -0.1) is 0 Å². The molecule has 0 saturated carbocycles. The lowest BCUT2D eigenvalue weighted by Gasteiger charge is -2.17. The number of rotatable bonds is 0. The van der Waals surface area contributed by atoms with E-state index in [2.05, 4.69) is 39.4 Å². The van der Waals surface area contributed by atoms with Crippen molar-refractivity contribution in [2.45, 2.75) is 12.8 Å². The molecule has 0 bridgehead atoms. The number of nitrogens with one attached hydrogen (secondary N) is 1. The summed E-state index contributed by atoms with van der Waals surface area (Å²) in [6.07, 6.45) is 2.46. The smallest absolute Gasteiger partial charge is 0.0373 e. The van der Waals surface area contributed by atoms with Crippen LogP contribution in [0.15, 0.2) is 22.7 Å². The summed E-state index contributed by atoms with van der Waals surface area (Å²) in [6.45, 7) is 1.12. The minimum absolute atomic E-state index is 0. The zero-order valence-electron chi connectivity index (χ0n) is 6.61. The van der Waals surface area contributed by atoms with Crippen LogP contribution in [0.2, 0.25) is 0 Å². The molecular weight excluding hydrogens is 237 g/mol. The number of hydrogen-bond donors (Lipinski definition) is 1. The van der Waals surface area contributed by atoms with E-state index >= 15 is 0 Å². The first kappa shape index (κ1) is 9.87. The minimum Gasteiger partial charge on any atom is -1.00 e. The highest BCUT2D eigenvalue weighted by Crippen LogP contribution is 2.24. The van der Waals surface area contributed by atoms with Gasteiger partial charge in [0.1, 0.15) is 0 Å². The van der Waals surface area contributed by atoms with E-state index in [1.807, 2.05) is 0 Å². The number of fused-ring (bicyclic) bond motifs is 1. The van der Waals surface area contributed by atoms with Crippen molar-refractivity contribution in [3.63, 3.8) is 0 Å². The molecule has 0 amide bonds. The van der Waals surface area contributed by atoms with Gasteiger partial charge >= 0.3 is 0 Å². The standard InChI is InChI=1S/C9H10BrN.ClH/c10-8-3-4-9-7(6-8)2-1-5-11-9;/h3-4,6,11H,1-2,5H2;1H/p-1. The summed E-state index contributed by atoms with van der Waals surface area (Å²) in [5, 5.41) is 3.37. The normalized spacial score (nSPS) is 14.1. The predicted molar refractivity (Wildman–Crippen MR) is 51.0 cm³/mol. The summed E-state index contributed by atoms with van der Waals surface area (Å²) in [6, 6.07) is 6.41. The first-order valence-corrected chi connectivity index (χ1v) is 4.68. The quantitative estimate of drug-likeness (QED) is 0.670. The SMILES string of the molecule is Brc1ccc2c(c1)CCCN2.[Cl-].